The molecule has 0 N–H and O–H groups in total. The van der Waals surface area contributed by atoms with Crippen molar-refractivity contribution in [1.82, 2.24) is 0 Å². The summed E-state index contributed by atoms with van der Waals surface area (Å²) >= 11 is 1.52. The highest BCUT2D eigenvalue weighted by atomic mass is 32.2. The van der Waals surface area contributed by atoms with Gasteiger partial charge in [0.05, 0.1) is 4.91 Å². The van der Waals surface area contributed by atoms with Crippen molar-refractivity contribution in [2.24, 2.45) is 5.92 Å². The van der Waals surface area contributed by atoms with E-state index in [1.807, 2.05) is 12.2 Å². The quantitative estimate of drug-likeness (QED) is 0.781. The highest BCUT2D eigenvalue weighted by Gasteiger charge is 2.34. The van der Waals surface area contributed by atoms with Crippen LogP contribution in [0.1, 0.15) is 34.6 Å². The molecule has 0 amide bonds. The van der Waals surface area contributed by atoms with Crippen LogP contribution in [0.3, 0.4) is 0 Å². The minimum atomic E-state index is -0.0313. The van der Waals surface area contributed by atoms with Gasteiger partial charge in [0.2, 0.25) is 5.78 Å². The topological polar surface area (TPSA) is 34.1 Å². The summed E-state index contributed by atoms with van der Waals surface area (Å²) in [6.07, 6.45) is 3.86. The largest absolute Gasteiger partial charge is 0.289 e. The molecular weight excluding hydrogens is 256 g/mol. The van der Waals surface area contributed by atoms with Crippen LogP contribution in [0.25, 0.3) is 0 Å². The molecule has 0 bridgehead atoms. The Hall–Kier alpha value is -1.61. The Morgan fingerprint density at radius 3 is 2.32 bits per heavy atom. The third kappa shape index (κ3) is 1.89. The molecule has 0 saturated carbocycles. The fraction of sp³-hybridized carbons (Fsp3) is 0.250. The van der Waals surface area contributed by atoms with Gasteiger partial charge in [0, 0.05) is 21.9 Å². The Labute approximate surface area is 116 Å². The average Bonchev–Trinajstić information content (AvgIpc) is 2.44. The molecular formula is C16H14O2S. The van der Waals surface area contributed by atoms with Crippen LogP contribution in [0.2, 0.25) is 0 Å². The van der Waals surface area contributed by atoms with Crippen molar-refractivity contribution in [2.75, 3.05) is 0 Å². The summed E-state index contributed by atoms with van der Waals surface area (Å²) in [7, 11) is 0. The normalized spacial score (nSPS) is 21.7. The Bertz CT molecular complexity index is 638. The fourth-order valence-corrected chi connectivity index (χ4v) is 3.57. The van der Waals surface area contributed by atoms with Gasteiger partial charge >= 0.3 is 0 Å². The molecule has 2 aliphatic rings. The number of ketones is 2. The molecule has 1 aromatic carbocycles. The lowest BCUT2D eigenvalue weighted by Gasteiger charge is -2.26. The lowest BCUT2D eigenvalue weighted by atomic mass is 9.88. The minimum Gasteiger partial charge on any atom is -0.289 e. The van der Waals surface area contributed by atoms with E-state index in [-0.39, 0.29) is 16.8 Å². The average molecular weight is 270 g/mol. The summed E-state index contributed by atoms with van der Waals surface area (Å²) in [4.78, 5) is 25.5. The second kappa shape index (κ2) is 4.49. The van der Waals surface area contributed by atoms with E-state index >= 15 is 0 Å². The molecule has 3 heteroatoms. The van der Waals surface area contributed by atoms with Crippen LogP contribution in [0.4, 0.5) is 0 Å². The Morgan fingerprint density at radius 1 is 1.05 bits per heavy atom. The van der Waals surface area contributed by atoms with Gasteiger partial charge in [-0.3, -0.25) is 9.59 Å². The highest BCUT2D eigenvalue weighted by molar-refractivity contribution is 8.04. The Balaban J connectivity index is 2.09. The van der Waals surface area contributed by atoms with Crippen molar-refractivity contribution in [1.29, 1.82) is 0 Å². The minimum absolute atomic E-state index is 0.00907. The van der Waals surface area contributed by atoms with Crippen LogP contribution in [0, 0.1) is 5.92 Å². The summed E-state index contributed by atoms with van der Waals surface area (Å²) in [5.41, 5.74) is 1.63. The molecule has 1 atom stereocenters. The predicted molar refractivity (Wildman–Crippen MR) is 77.5 cm³/mol. The van der Waals surface area contributed by atoms with Gasteiger partial charge in [0.1, 0.15) is 0 Å². The van der Waals surface area contributed by atoms with Gasteiger partial charge in [0.15, 0.2) is 5.78 Å². The molecule has 0 radical (unpaired) electrons. The van der Waals surface area contributed by atoms with Gasteiger partial charge in [-0.2, -0.15) is 0 Å². The van der Waals surface area contributed by atoms with Crippen molar-refractivity contribution in [2.45, 2.75) is 19.1 Å². The number of allylic oxidation sites excluding steroid dienone is 3. The van der Waals surface area contributed by atoms with Crippen molar-refractivity contribution in [3.05, 3.63) is 58.0 Å². The van der Waals surface area contributed by atoms with Gasteiger partial charge in [-0.15, -0.1) is 11.8 Å². The maximum Gasteiger partial charge on any atom is 0.200 e. The summed E-state index contributed by atoms with van der Waals surface area (Å²) < 4.78 is 0. The summed E-state index contributed by atoms with van der Waals surface area (Å²) in [5.74, 6) is 0.400. The van der Waals surface area contributed by atoms with Crippen LogP contribution in [0.5, 0.6) is 0 Å². The molecule has 1 heterocycles. The zero-order valence-corrected chi connectivity index (χ0v) is 11.7. The standard InChI is InChI=1S/C16H14O2S/c1-9(2)13-8-7-12-14(17)10-5-3-4-6-11(10)15(18)16(12)19-13/h3-9,13H,1-2H3. The molecule has 0 fully saturated rings. The first-order valence-corrected chi connectivity index (χ1v) is 7.25. The van der Waals surface area contributed by atoms with Crippen molar-refractivity contribution in [3.8, 4) is 0 Å². The predicted octanol–water partition coefficient (Wildman–Crippen LogP) is 3.65. The third-order valence-corrected chi connectivity index (χ3v) is 5.09. The second-order valence-corrected chi connectivity index (χ2v) is 6.32. The number of hydrogen-bond acceptors (Lipinski definition) is 3. The van der Waals surface area contributed by atoms with E-state index in [0.29, 0.717) is 27.5 Å². The number of rotatable bonds is 1. The van der Waals surface area contributed by atoms with E-state index in [9.17, 15) is 9.59 Å². The second-order valence-electron chi connectivity index (χ2n) is 5.13. The number of carbonyl (C=O) groups is 2. The number of thioether (sulfide) groups is 1. The third-order valence-electron chi connectivity index (χ3n) is 3.48. The summed E-state index contributed by atoms with van der Waals surface area (Å²) in [6.45, 7) is 4.24. The SMILES string of the molecule is CC(C)C1C=CC2=C(S1)C(=O)c1ccccc1C2=O. The molecule has 96 valence electrons. The Morgan fingerprint density at radius 2 is 1.68 bits per heavy atom. The van der Waals surface area contributed by atoms with Gasteiger partial charge in [-0.25, -0.2) is 0 Å². The first-order valence-electron chi connectivity index (χ1n) is 6.37. The number of hydrogen-bond donors (Lipinski definition) is 0. The maximum atomic E-state index is 12.5. The van der Waals surface area contributed by atoms with E-state index in [0.717, 1.165) is 0 Å². The summed E-state index contributed by atoms with van der Waals surface area (Å²) in [5, 5.41) is 0.265. The molecule has 3 rings (SSSR count). The molecule has 1 aliphatic heterocycles. The zero-order chi connectivity index (χ0) is 13.6. The van der Waals surface area contributed by atoms with Gasteiger partial charge < -0.3 is 0 Å². The maximum absolute atomic E-state index is 12.5. The number of fused-ring (bicyclic) bond motifs is 1. The van der Waals surface area contributed by atoms with Crippen LogP contribution < -0.4 is 0 Å². The van der Waals surface area contributed by atoms with Crippen molar-refractivity contribution < 1.29 is 9.59 Å². The van der Waals surface area contributed by atoms with E-state index in [1.165, 1.54) is 11.8 Å². The molecule has 1 aliphatic carbocycles. The molecule has 1 unspecified atom stereocenters. The van der Waals surface area contributed by atoms with Crippen LogP contribution >= 0.6 is 11.8 Å². The van der Waals surface area contributed by atoms with Crippen molar-refractivity contribution in [3.63, 3.8) is 0 Å². The van der Waals surface area contributed by atoms with E-state index < -0.39 is 0 Å². The van der Waals surface area contributed by atoms with Gasteiger partial charge in [0.25, 0.3) is 0 Å². The molecule has 0 spiro atoms. The lowest BCUT2D eigenvalue weighted by Crippen LogP contribution is -2.24. The highest BCUT2D eigenvalue weighted by Crippen LogP contribution is 2.40. The molecule has 19 heavy (non-hydrogen) atoms. The fourth-order valence-electron chi connectivity index (χ4n) is 2.37. The van der Waals surface area contributed by atoms with Crippen LogP contribution in [0.15, 0.2) is 46.9 Å². The van der Waals surface area contributed by atoms with Crippen molar-refractivity contribution >= 4 is 23.3 Å². The monoisotopic (exact) mass is 270 g/mol. The lowest BCUT2D eigenvalue weighted by molar-refractivity contribution is 0.0984. The first-order chi connectivity index (χ1) is 9.09. The molecule has 2 nitrogen and oxygen atoms in total. The van der Waals surface area contributed by atoms with Gasteiger partial charge in [-0.1, -0.05) is 50.3 Å². The van der Waals surface area contributed by atoms with E-state index in [2.05, 4.69) is 13.8 Å². The molecule has 0 aromatic heterocycles. The number of benzene rings is 1. The first kappa shape index (κ1) is 12.4. The van der Waals surface area contributed by atoms with Crippen LogP contribution in [-0.4, -0.2) is 16.8 Å². The van der Waals surface area contributed by atoms with Crippen LogP contribution in [-0.2, 0) is 0 Å². The molecule has 0 saturated heterocycles. The van der Waals surface area contributed by atoms with Gasteiger partial charge in [-0.05, 0) is 5.92 Å². The molecule has 1 aromatic rings. The zero-order valence-electron chi connectivity index (χ0n) is 10.8. The van der Waals surface area contributed by atoms with E-state index in [1.54, 1.807) is 24.3 Å². The smallest absolute Gasteiger partial charge is 0.200 e. The number of Topliss-reactive ketones (excluding diaryl/α,β-unsaturated/α-hetero) is 2. The Kier molecular flexibility index (Phi) is 2.94. The number of carbonyl (C=O) groups excluding carboxylic acids is 2. The van der Waals surface area contributed by atoms with E-state index in [4.69, 9.17) is 0 Å². The summed E-state index contributed by atoms with van der Waals surface area (Å²) in [6, 6.07) is 7.07.